The van der Waals surface area contributed by atoms with Gasteiger partial charge >= 0.3 is 0 Å². The van der Waals surface area contributed by atoms with Gasteiger partial charge in [-0.15, -0.1) is 0 Å². The van der Waals surface area contributed by atoms with Gasteiger partial charge in [0, 0.05) is 29.6 Å². The highest BCUT2D eigenvalue weighted by Gasteiger charge is 2.32. The number of nitrogens with one attached hydrogen (secondary N) is 2. The maximum Gasteiger partial charge on any atom is 0.295 e. The van der Waals surface area contributed by atoms with Crippen LogP contribution in [0.3, 0.4) is 0 Å². The molecule has 3 heterocycles. The molecule has 0 bridgehead atoms. The summed E-state index contributed by atoms with van der Waals surface area (Å²) in [7, 11) is -2.70. The lowest BCUT2D eigenvalue weighted by molar-refractivity contribution is -0.117. The number of ether oxygens (including phenoxy) is 1. The predicted molar refractivity (Wildman–Crippen MR) is 148 cm³/mol. The molecule has 39 heavy (non-hydrogen) atoms. The Kier molecular flexibility index (Phi) is 6.96. The van der Waals surface area contributed by atoms with Crippen LogP contribution in [-0.2, 0) is 14.1 Å². The van der Waals surface area contributed by atoms with Crippen LogP contribution in [0.15, 0.2) is 24.3 Å². The van der Waals surface area contributed by atoms with Gasteiger partial charge in [-0.05, 0) is 81.9 Å². The van der Waals surface area contributed by atoms with Crippen molar-refractivity contribution in [2.75, 3.05) is 30.6 Å². The molecule has 8 nitrogen and oxygen atoms in total. The van der Waals surface area contributed by atoms with Crippen LogP contribution in [0, 0.1) is 5.92 Å². The number of halogens is 2. The van der Waals surface area contributed by atoms with E-state index in [4.69, 9.17) is 4.74 Å². The topological polar surface area (TPSA) is 98.1 Å². The summed E-state index contributed by atoms with van der Waals surface area (Å²) < 4.78 is 49.2. The molecule has 1 aliphatic heterocycles. The van der Waals surface area contributed by atoms with Gasteiger partial charge in [0.05, 0.1) is 5.69 Å². The number of hydrogen-bond donors (Lipinski definition) is 2. The Bertz CT molecular complexity index is 1460. The van der Waals surface area contributed by atoms with E-state index in [1.807, 2.05) is 18.2 Å². The summed E-state index contributed by atoms with van der Waals surface area (Å²) in [6, 6.07) is 7.59. The number of fused-ring (bicyclic) bond motifs is 1. The number of anilines is 3. The number of carbonyl (C=O) groups excluding carboxylic acids is 1. The predicted octanol–water partition coefficient (Wildman–Crippen LogP) is 6.68. The van der Waals surface area contributed by atoms with Crippen molar-refractivity contribution >= 4 is 46.7 Å². The van der Waals surface area contributed by atoms with Crippen molar-refractivity contribution in [2.24, 2.45) is 5.92 Å². The first kappa shape index (κ1) is 26.4. The highest BCUT2D eigenvalue weighted by molar-refractivity contribution is 7.70. The average molecular weight is 558 g/mol. The average Bonchev–Trinajstić information content (AvgIpc) is 3.64. The Morgan fingerprint density at radius 3 is 2.46 bits per heavy atom. The molecule has 2 N–H and O–H groups in total. The largest absolute Gasteiger partial charge is 0.358 e. The molecular formula is C28H34F2N5O3P. The summed E-state index contributed by atoms with van der Waals surface area (Å²) in [5.41, 5.74) is 2.67. The van der Waals surface area contributed by atoms with Crippen molar-refractivity contribution in [3.63, 3.8) is 0 Å². The second kappa shape index (κ2) is 10.3. The van der Waals surface area contributed by atoms with E-state index in [2.05, 4.69) is 20.6 Å². The van der Waals surface area contributed by atoms with E-state index in [0.717, 1.165) is 38.5 Å². The summed E-state index contributed by atoms with van der Waals surface area (Å²) >= 11 is 0. The highest BCUT2D eigenvalue weighted by Crippen LogP contribution is 2.43. The molecule has 1 atom stereocenters. The van der Waals surface area contributed by atoms with Gasteiger partial charge in [0.2, 0.25) is 5.91 Å². The fourth-order valence-corrected chi connectivity index (χ4v) is 6.59. The van der Waals surface area contributed by atoms with Crippen LogP contribution in [0.4, 0.5) is 26.0 Å². The Labute approximate surface area is 226 Å². The third kappa shape index (κ3) is 5.33. The van der Waals surface area contributed by atoms with E-state index >= 15 is 0 Å². The van der Waals surface area contributed by atoms with Gasteiger partial charge < -0.3 is 19.9 Å². The number of carbonyl (C=O) groups is 1. The van der Waals surface area contributed by atoms with Crippen molar-refractivity contribution < 1.29 is 22.9 Å². The van der Waals surface area contributed by atoms with Gasteiger partial charge in [0.15, 0.2) is 11.5 Å². The molecule has 2 saturated carbocycles. The second-order valence-electron chi connectivity index (χ2n) is 11.3. The fourth-order valence-electron chi connectivity index (χ4n) is 5.42. The number of hydrogen-bond acceptors (Lipinski definition) is 6. The van der Waals surface area contributed by atoms with Gasteiger partial charge in [-0.2, -0.15) is 0 Å². The van der Waals surface area contributed by atoms with Crippen LogP contribution in [0.1, 0.15) is 81.3 Å². The lowest BCUT2D eigenvalue weighted by Gasteiger charge is -2.27. The van der Waals surface area contributed by atoms with Crippen LogP contribution in [0.5, 0.6) is 0 Å². The van der Waals surface area contributed by atoms with Crippen LogP contribution < -0.4 is 15.9 Å². The minimum absolute atomic E-state index is 0.0566. The minimum atomic E-state index is -2.84. The smallest absolute Gasteiger partial charge is 0.295 e. The first-order valence-electron chi connectivity index (χ1n) is 13.8. The molecule has 0 radical (unpaired) electrons. The van der Waals surface area contributed by atoms with E-state index in [0.29, 0.717) is 35.6 Å². The van der Waals surface area contributed by atoms with Gasteiger partial charge in [-0.3, -0.25) is 9.36 Å². The zero-order chi connectivity index (χ0) is 27.3. The van der Waals surface area contributed by atoms with Crippen molar-refractivity contribution in [3.05, 3.63) is 35.7 Å². The van der Waals surface area contributed by atoms with Crippen LogP contribution in [0.2, 0.25) is 0 Å². The molecule has 2 aromatic heterocycles. The Hall–Kier alpha value is -2.84. The maximum absolute atomic E-state index is 14.3. The molecule has 1 unspecified atom stereocenters. The lowest BCUT2D eigenvalue weighted by Crippen LogP contribution is -2.21. The molecular weight excluding hydrogens is 523 g/mol. The molecule has 2 aliphatic carbocycles. The molecule has 3 aromatic rings. The Morgan fingerprint density at radius 2 is 1.85 bits per heavy atom. The number of alkyl halides is 2. The summed E-state index contributed by atoms with van der Waals surface area (Å²) in [4.78, 5) is 21.6. The van der Waals surface area contributed by atoms with Crippen molar-refractivity contribution in [1.82, 2.24) is 14.5 Å². The second-order valence-corrected chi connectivity index (χ2v) is 14.5. The number of benzene rings is 1. The number of imidazole rings is 1. The number of rotatable bonds is 8. The molecule has 6 rings (SSSR count). The zero-order valence-electron chi connectivity index (χ0n) is 22.3. The molecule has 1 saturated heterocycles. The van der Waals surface area contributed by atoms with Crippen LogP contribution in [0.25, 0.3) is 11.2 Å². The number of pyridine rings is 1. The molecule has 1 amide bonds. The van der Waals surface area contributed by atoms with Crippen molar-refractivity contribution in [3.8, 4) is 0 Å². The van der Waals surface area contributed by atoms with E-state index < -0.39 is 25.6 Å². The van der Waals surface area contributed by atoms with Gasteiger partial charge in [0.25, 0.3) is 6.43 Å². The first-order chi connectivity index (χ1) is 18.7. The normalized spacial score (nSPS) is 20.3. The molecule has 11 heteroatoms. The Balaban J connectivity index is 1.48. The highest BCUT2D eigenvalue weighted by atomic mass is 31.2. The van der Waals surface area contributed by atoms with E-state index in [1.54, 1.807) is 19.4 Å². The molecule has 0 spiro atoms. The van der Waals surface area contributed by atoms with Crippen molar-refractivity contribution in [2.45, 2.75) is 69.9 Å². The summed E-state index contributed by atoms with van der Waals surface area (Å²) in [6.45, 7) is 3.92. The van der Waals surface area contributed by atoms with Crippen molar-refractivity contribution in [1.29, 1.82) is 0 Å². The first-order valence-corrected chi connectivity index (χ1v) is 16.4. The zero-order valence-corrected chi connectivity index (χ0v) is 23.1. The summed E-state index contributed by atoms with van der Waals surface area (Å²) in [6.07, 6.45) is 3.89. The van der Waals surface area contributed by atoms with Gasteiger partial charge in [-0.25, -0.2) is 18.7 Å². The monoisotopic (exact) mass is 557 g/mol. The van der Waals surface area contributed by atoms with Gasteiger partial charge in [-0.1, -0.05) is 12.5 Å². The summed E-state index contributed by atoms with van der Waals surface area (Å²) in [5.74, 6) is 0.109. The van der Waals surface area contributed by atoms with E-state index in [-0.39, 0.29) is 28.8 Å². The molecule has 208 valence electrons. The fraction of sp³-hybridized carbons (Fsp3) is 0.536. The number of aromatic nitrogens is 3. The standard InChI is InChI=1S/C28H34F2N5O3P/c1-39(2,37)21-14-18(16-6-5-7-16)11-12-19(21)31-20-15-22(33-28(36)17-9-10-17)32-26-24(20)34-27(25(29)30)35(26)23-8-3-4-13-38-23/h11-12,14-17,23,25H,3-10,13H2,1-2H3,(H2,31,32,33,36). The number of amides is 1. The summed E-state index contributed by atoms with van der Waals surface area (Å²) in [5, 5.41) is 6.90. The third-order valence-electron chi connectivity index (χ3n) is 7.96. The Morgan fingerprint density at radius 1 is 1.05 bits per heavy atom. The molecule has 1 aromatic carbocycles. The van der Waals surface area contributed by atoms with Gasteiger partial charge in [0.1, 0.15) is 24.7 Å². The number of nitrogens with zero attached hydrogens (tertiary/aromatic N) is 3. The molecule has 3 aliphatic rings. The maximum atomic E-state index is 14.3. The van der Waals surface area contributed by atoms with Crippen LogP contribution >= 0.6 is 7.14 Å². The van der Waals surface area contributed by atoms with E-state index in [9.17, 15) is 18.1 Å². The lowest BCUT2D eigenvalue weighted by atomic mass is 9.80. The quantitative estimate of drug-likeness (QED) is 0.300. The minimum Gasteiger partial charge on any atom is -0.358 e. The van der Waals surface area contributed by atoms with E-state index in [1.165, 1.54) is 16.6 Å². The SMILES string of the molecule is CP(C)(=O)c1cc(C2CCC2)ccc1Nc1cc(NC(=O)C2CC2)nc2c1nc(C(F)F)n2C1CCCCO1. The molecule has 3 fully saturated rings. The van der Waals surface area contributed by atoms with Crippen LogP contribution in [-0.4, -0.2) is 40.4 Å². The third-order valence-corrected chi connectivity index (χ3v) is 9.49.